The van der Waals surface area contributed by atoms with Crippen molar-refractivity contribution in [1.29, 1.82) is 5.41 Å². The molecule has 0 amide bonds. The van der Waals surface area contributed by atoms with Gasteiger partial charge in [-0.15, -0.1) is 13.2 Å². The standard InChI is InChI=1S/C19H17F3N3O/c1-25(18(23)24,14-8-5-9-15(12-14)26-19(20,21)22)17-11-4-7-13-6-2-3-10-16(13)17/h2-12H,1H3,(H3,23,24)/q+1. The Labute approximate surface area is 148 Å². The van der Waals surface area contributed by atoms with E-state index in [1.807, 2.05) is 36.4 Å². The van der Waals surface area contributed by atoms with Crippen molar-refractivity contribution >= 4 is 28.1 Å². The quantitative estimate of drug-likeness (QED) is 0.396. The van der Waals surface area contributed by atoms with Crippen LogP contribution in [-0.4, -0.2) is 19.4 Å². The highest BCUT2D eigenvalue weighted by Gasteiger charge is 2.36. The lowest BCUT2D eigenvalue weighted by atomic mass is 10.1. The number of guanidine groups is 1. The summed E-state index contributed by atoms with van der Waals surface area (Å²) in [5.74, 6) is -0.591. The predicted molar refractivity (Wildman–Crippen MR) is 96.4 cm³/mol. The monoisotopic (exact) mass is 360 g/mol. The van der Waals surface area contributed by atoms with Gasteiger partial charge in [0.05, 0.1) is 7.05 Å². The third-order valence-corrected chi connectivity index (χ3v) is 4.30. The molecule has 3 rings (SSSR count). The Kier molecular flexibility index (Phi) is 4.33. The zero-order chi connectivity index (χ0) is 18.9. The second-order valence-corrected chi connectivity index (χ2v) is 5.93. The summed E-state index contributed by atoms with van der Waals surface area (Å²) >= 11 is 0. The third kappa shape index (κ3) is 3.21. The highest BCUT2D eigenvalue weighted by Crippen LogP contribution is 2.39. The Morgan fingerprint density at radius 2 is 1.65 bits per heavy atom. The van der Waals surface area contributed by atoms with E-state index in [9.17, 15) is 13.2 Å². The molecule has 1 unspecified atom stereocenters. The van der Waals surface area contributed by atoms with E-state index in [0.717, 1.165) is 10.8 Å². The fourth-order valence-electron chi connectivity index (χ4n) is 2.97. The Hall–Kier alpha value is -3.06. The van der Waals surface area contributed by atoms with Crippen LogP contribution in [0.3, 0.4) is 0 Å². The average molecular weight is 360 g/mol. The van der Waals surface area contributed by atoms with Gasteiger partial charge in [-0.2, -0.15) is 4.48 Å². The van der Waals surface area contributed by atoms with Gasteiger partial charge >= 0.3 is 12.3 Å². The van der Waals surface area contributed by atoms with Crippen molar-refractivity contribution < 1.29 is 17.9 Å². The van der Waals surface area contributed by atoms with Crippen molar-refractivity contribution in [3.63, 3.8) is 0 Å². The lowest BCUT2D eigenvalue weighted by Gasteiger charge is -2.32. The highest BCUT2D eigenvalue weighted by molar-refractivity contribution is 6.03. The minimum atomic E-state index is -4.79. The van der Waals surface area contributed by atoms with Gasteiger partial charge in [-0.1, -0.05) is 36.4 Å². The maximum absolute atomic E-state index is 12.6. The molecule has 1 atom stereocenters. The van der Waals surface area contributed by atoms with E-state index in [-0.39, 0.29) is 16.2 Å². The van der Waals surface area contributed by atoms with E-state index in [1.54, 1.807) is 19.2 Å². The predicted octanol–water partition coefficient (Wildman–Crippen LogP) is 4.90. The number of nitrogens with two attached hydrogens (primary N) is 1. The second kappa shape index (κ2) is 6.34. The van der Waals surface area contributed by atoms with Crippen molar-refractivity contribution in [2.24, 2.45) is 5.73 Å². The Morgan fingerprint density at radius 1 is 1.00 bits per heavy atom. The highest BCUT2D eigenvalue weighted by atomic mass is 19.4. The van der Waals surface area contributed by atoms with Gasteiger partial charge in [0, 0.05) is 23.6 Å². The average Bonchev–Trinajstić information content (AvgIpc) is 2.59. The first-order valence-electron chi connectivity index (χ1n) is 7.77. The van der Waals surface area contributed by atoms with Crippen molar-refractivity contribution in [3.8, 4) is 5.75 Å². The number of alkyl halides is 3. The van der Waals surface area contributed by atoms with Crippen LogP contribution in [0.4, 0.5) is 24.5 Å². The van der Waals surface area contributed by atoms with Gasteiger partial charge in [0.1, 0.15) is 11.4 Å². The SMILES string of the molecule is C[N+](C(=N)N)(c1cccc(OC(F)(F)F)c1)c1cccc2ccccc12. The molecule has 7 heteroatoms. The minimum absolute atomic E-state index is 0.231. The molecule has 3 N–H and O–H groups in total. The summed E-state index contributed by atoms with van der Waals surface area (Å²) in [6.07, 6.45) is -4.79. The summed E-state index contributed by atoms with van der Waals surface area (Å²) in [7, 11) is 1.66. The number of ether oxygens (including phenoxy) is 1. The summed E-state index contributed by atoms with van der Waals surface area (Å²) in [6.45, 7) is 0. The molecule has 3 aromatic carbocycles. The number of quaternary nitrogens is 1. The fraction of sp³-hybridized carbons (Fsp3) is 0.105. The summed E-state index contributed by atoms with van der Waals surface area (Å²) in [5.41, 5.74) is 6.96. The molecular weight excluding hydrogens is 343 g/mol. The lowest BCUT2D eigenvalue weighted by molar-refractivity contribution is -0.274. The van der Waals surface area contributed by atoms with Crippen LogP contribution in [0.25, 0.3) is 10.8 Å². The molecular formula is C19H17F3N3O+. The zero-order valence-electron chi connectivity index (χ0n) is 13.9. The van der Waals surface area contributed by atoms with Gasteiger partial charge in [0.25, 0.3) is 0 Å². The van der Waals surface area contributed by atoms with Crippen LogP contribution in [0.1, 0.15) is 0 Å². The van der Waals surface area contributed by atoms with Gasteiger partial charge in [-0.25, -0.2) is 5.41 Å². The fourth-order valence-corrected chi connectivity index (χ4v) is 2.97. The molecule has 26 heavy (non-hydrogen) atoms. The van der Waals surface area contributed by atoms with E-state index in [4.69, 9.17) is 11.1 Å². The summed E-state index contributed by atoms with van der Waals surface area (Å²) in [4.78, 5) is 0. The number of hydrogen-bond donors (Lipinski definition) is 2. The summed E-state index contributed by atoms with van der Waals surface area (Å²) in [6, 6.07) is 18.6. The first kappa shape index (κ1) is 17.8. The van der Waals surface area contributed by atoms with E-state index in [2.05, 4.69) is 4.74 Å². The number of halogens is 3. The largest absolute Gasteiger partial charge is 0.573 e. The third-order valence-electron chi connectivity index (χ3n) is 4.30. The van der Waals surface area contributed by atoms with Crippen molar-refractivity contribution in [3.05, 3.63) is 66.7 Å². The normalized spacial score (nSPS) is 14.0. The number of hydrogen-bond acceptors (Lipinski definition) is 2. The zero-order valence-corrected chi connectivity index (χ0v) is 13.9. The van der Waals surface area contributed by atoms with Gasteiger partial charge in [-0.05, 0) is 17.5 Å². The molecule has 3 aromatic rings. The Bertz CT molecular complexity index is 966. The van der Waals surface area contributed by atoms with E-state index in [0.29, 0.717) is 11.4 Å². The first-order valence-corrected chi connectivity index (χ1v) is 7.77. The van der Waals surface area contributed by atoms with Crippen molar-refractivity contribution in [2.75, 3.05) is 7.05 Å². The minimum Gasteiger partial charge on any atom is -0.406 e. The topological polar surface area (TPSA) is 59.1 Å². The van der Waals surface area contributed by atoms with Crippen LogP contribution in [0.5, 0.6) is 5.75 Å². The molecule has 0 radical (unpaired) electrons. The maximum Gasteiger partial charge on any atom is 0.573 e. The molecule has 0 heterocycles. The Morgan fingerprint density at radius 3 is 2.35 bits per heavy atom. The Balaban J connectivity index is 2.20. The smallest absolute Gasteiger partial charge is 0.406 e. The summed E-state index contributed by atoms with van der Waals surface area (Å²) in [5, 5.41) is 9.94. The van der Waals surface area contributed by atoms with Gasteiger partial charge in [0.15, 0.2) is 5.69 Å². The molecule has 0 aromatic heterocycles. The van der Waals surface area contributed by atoms with Crippen LogP contribution >= 0.6 is 0 Å². The number of fused-ring (bicyclic) bond motifs is 1. The van der Waals surface area contributed by atoms with Gasteiger partial charge in [-0.3, -0.25) is 0 Å². The molecule has 4 nitrogen and oxygen atoms in total. The molecule has 0 fully saturated rings. The van der Waals surface area contributed by atoms with Crippen LogP contribution in [0.2, 0.25) is 0 Å². The van der Waals surface area contributed by atoms with Gasteiger partial charge < -0.3 is 10.5 Å². The molecule has 0 aliphatic heterocycles. The molecule has 0 bridgehead atoms. The number of rotatable bonds is 3. The van der Waals surface area contributed by atoms with Gasteiger partial charge in [0.2, 0.25) is 0 Å². The molecule has 0 saturated heterocycles. The lowest BCUT2D eigenvalue weighted by Crippen LogP contribution is -2.50. The van der Waals surface area contributed by atoms with Crippen LogP contribution in [0, 0.1) is 5.41 Å². The number of benzene rings is 3. The number of nitrogens with one attached hydrogen (secondary N) is 1. The van der Waals surface area contributed by atoms with E-state index < -0.39 is 6.36 Å². The van der Waals surface area contributed by atoms with Crippen LogP contribution < -0.4 is 15.0 Å². The molecule has 0 aliphatic rings. The first-order chi connectivity index (χ1) is 12.2. The van der Waals surface area contributed by atoms with E-state index in [1.165, 1.54) is 18.2 Å². The molecule has 0 aliphatic carbocycles. The summed E-state index contributed by atoms with van der Waals surface area (Å²) < 4.78 is 41.4. The van der Waals surface area contributed by atoms with Crippen LogP contribution in [0.15, 0.2) is 66.7 Å². The van der Waals surface area contributed by atoms with E-state index >= 15 is 0 Å². The molecule has 0 spiro atoms. The number of nitrogens with zero attached hydrogens (tertiary/aromatic N) is 1. The molecule has 134 valence electrons. The van der Waals surface area contributed by atoms with Crippen molar-refractivity contribution in [2.45, 2.75) is 6.36 Å². The van der Waals surface area contributed by atoms with Crippen LogP contribution in [-0.2, 0) is 0 Å². The maximum atomic E-state index is 12.6. The van der Waals surface area contributed by atoms with Crippen molar-refractivity contribution in [1.82, 2.24) is 4.48 Å². The second-order valence-electron chi connectivity index (χ2n) is 5.93. The molecule has 0 saturated carbocycles.